The summed E-state index contributed by atoms with van der Waals surface area (Å²) in [6, 6.07) is 0. The summed E-state index contributed by atoms with van der Waals surface area (Å²) in [5.41, 5.74) is -0.352. The Labute approximate surface area is 57.4 Å². The van der Waals surface area contributed by atoms with E-state index in [1.165, 1.54) is 0 Å². The fourth-order valence-corrected chi connectivity index (χ4v) is 0.836. The Bertz CT molecular complexity index is 138. The predicted molar refractivity (Wildman–Crippen MR) is 37.8 cm³/mol. The van der Waals surface area contributed by atoms with E-state index in [0.717, 1.165) is 0 Å². The molecule has 0 saturated heterocycles. The molecule has 0 aromatic carbocycles. The zero-order chi connectivity index (χ0) is 7.49. The monoisotopic (exact) mass is 150 g/mol. The van der Waals surface area contributed by atoms with Crippen LogP contribution in [0.5, 0.6) is 0 Å². The Hall–Kier alpha value is -0.0900. The Morgan fingerprint density at radius 1 is 1.56 bits per heavy atom. The maximum Gasteiger partial charge on any atom is 0.153 e. The second kappa shape index (κ2) is 3.17. The first kappa shape index (κ1) is 8.91. The highest BCUT2D eigenvalue weighted by molar-refractivity contribution is 7.72. The maximum absolute atomic E-state index is 9.99. The molecule has 0 fully saturated rings. The molecule has 0 atom stereocenters. The zero-order valence-electron chi connectivity index (χ0n) is 5.68. The van der Waals surface area contributed by atoms with Crippen molar-refractivity contribution >= 4 is 10.7 Å². The predicted octanol–water partition coefficient (Wildman–Crippen LogP) is -0.242. The molecule has 0 aliphatic rings. The smallest absolute Gasteiger partial charge is 0.153 e. The van der Waals surface area contributed by atoms with Gasteiger partial charge in [-0.25, -0.2) is 8.42 Å². The summed E-state index contributed by atoms with van der Waals surface area (Å²) in [7, 11) is -2.32. The van der Waals surface area contributed by atoms with Crippen LogP contribution in [0.1, 0.15) is 13.8 Å². The molecular formula is C5H12NO2S. The molecule has 4 heteroatoms. The largest absolute Gasteiger partial charge is 0.299 e. The van der Waals surface area contributed by atoms with E-state index < -0.39 is 10.7 Å². The Kier molecular flexibility index (Phi) is 3.14. The van der Waals surface area contributed by atoms with E-state index in [-0.39, 0.29) is 11.4 Å². The molecule has 0 amide bonds. The van der Waals surface area contributed by atoms with E-state index in [9.17, 15) is 8.42 Å². The van der Waals surface area contributed by atoms with Crippen LogP contribution >= 0.6 is 0 Å². The normalized spacial score (nSPS) is 12.4. The second-order valence-electron chi connectivity index (χ2n) is 2.55. The van der Waals surface area contributed by atoms with Crippen LogP contribution in [0, 0.1) is 6.92 Å². The minimum absolute atomic E-state index is 0.00579. The third-order valence-corrected chi connectivity index (χ3v) is 1.10. The van der Waals surface area contributed by atoms with E-state index in [1.807, 2.05) is 13.8 Å². The molecular weight excluding hydrogens is 138 g/mol. The molecule has 1 N–H and O–H groups in total. The van der Waals surface area contributed by atoms with Gasteiger partial charge in [0.05, 0.1) is 5.88 Å². The van der Waals surface area contributed by atoms with Crippen molar-refractivity contribution in [2.24, 2.45) is 0 Å². The van der Waals surface area contributed by atoms with Crippen LogP contribution in [0.4, 0.5) is 0 Å². The zero-order valence-corrected chi connectivity index (χ0v) is 6.57. The van der Waals surface area contributed by atoms with Gasteiger partial charge in [0.1, 0.15) is 0 Å². The number of nitrogens with one attached hydrogen (secondary N) is 1. The molecule has 0 aliphatic heterocycles. The third-order valence-electron chi connectivity index (χ3n) is 0.687. The lowest BCUT2D eigenvalue weighted by atomic mass is 10.1. The van der Waals surface area contributed by atoms with Gasteiger partial charge in [0, 0.05) is 5.54 Å². The van der Waals surface area contributed by atoms with Crippen molar-refractivity contribution in [3.8, 4) is 0 Å². The van der Waals surface area contributed by atoms with Crippen molar-refractivity contribution in [2.45, 2.75) is 19.4 Å². The van der Waals surface area contributed by atoms with Gasteiger partial charge in [-0.15, -0.1) is 0 Å². The first-order chi connectivity index (χ1) is 3.92. The summed E-state index contributed by atoms with van der Waals surface area (Å²) in [4.78, 5) is 0. The highest BCUT2D eigenvalue weighted by Gasteiger charge is 2.07. The van der Waals surface area contributed by atoms with Crippen LogP contribution in [0.3, 0.4) is 0 Å². The Morgan fingerprint density at radius 2 is 2.00 bits per heavy atom. The molecule has 55 valence electrons. The van der Waals surface area contributed by atoms with Crippen molar-refractivity contribution in [3.63, 3.8) is 0 Å². The quantitative estimate of drug-likeness (QED) is 0.546. The van der Waals surface area contributed by atoms with Gasteiger partial charge in [-0.3, -0.25) is 5.32 Å². The lowest BCUT2D eigenvalue weighted by molar-refractivity contribution is 0.503. The van der Waals surface area contributed by atoms with Crippen LogP contribution in [0.15, 0.2) is 0 Å². The van der Waals surface area contributed by atoms with Gasteiger partial charge in [-0.2, -0.15) is 0 Å². The van der Waals surface area contributed by atoms with Gasteiger partial charge in [0.25, 0.3) is 0 Å². The molecule has 0 aromatic heterocycles. The number of hydrogen-bond donors (Lipinski definition) is 2. The Morgan fingerprint density at radius 3 is 2.11 bits per heavy atom. The number of thiol groups is 1. The topological polar surface area (TPSA) is 46.2 Å². The maximum atomic E-state index is 9.99. The van der Waals surface area contributed by atoms with Crippen LogP contribution in [0.25, 0.3) is 0 Å². The molecule has 9 heavy (non-hydrogen) atoms. The van der Waals surface area contributed by atoms with E-state index >= 15 is 0 Å². The molecule has 0 saturated carbocycles. The minimum atomic E-state index is -2.32. The van der Waals surface area contributed by atoms with E-state index in [0.29, 0.717) is 0 Å². The molecule has 0 aromatic rings. The molecule has 0 heterocycles. The molecule has 3 nitrogen and oxygen atoms in total. The summed E-state index contributed by atoms with van der Waals surface area (Å²) >= 11 is 0. The van der Waals surface area contributed by atoms with E-state index in [2.05, 4.69) is 12.2 Å². The van der Waals surface area contributed by atoms with Gasteiger partial charge < -0.3 is 0 Å². The molecule has 0 aliphatic carbocycles. The summed E-state index contributed by atoms with van der Waals surface area (Å²) in [5, 5.41) is 2.71. The third kappa shape index (κ3) is 7.91. The highest BCUT2D eigenvalue weighted by atomic mass is 32.2. The molecule has 0 bridgehead atoms. The number of rotatable bonds is 3. The summed E-state index contributed by atoms with van der Waals surface area (Å²) in [6.45, 7) is 7.29. The van der Waals surface area contributed by atoms with Crippen LogP contribution in [-0.2, 0) is 10.7 Å². The average Bonchev–Trinajstić information content (AvgIpc) is 1.59. The fourth-order valence-electron chi connectivity index (χ4n) is 0.279. The van der Waals surface area contributed by atoms with Crippen molar-refractivity contribution in [2.75, 3.05) is 5.88 Å². The van der Waals surface area contributed by atoms with Crippen molar-refractivity contribution < 1.29 is 8.42 Å². The lowest BCUT2D eigenvalue weighted by Crippen LogP contribution is -2.37. The first-order valence-electron chi connectivity index (χ1n) is 2.64. The van der Waals surface area contributed by atoms with Gasteiger partial charge in [0.15, 0.2) is 10.7 Å². The SMILES string of the molecule is [CH2]C(C)(C)NC[SH](=O)=O. The summed E-state index contributed by atoms with van der Waals surface area (Å²) in [6.07, 6.45) is 0. The van der Waals surface area contributed by atoms with Crippen LogP contribution in [0.2, 0.25) is 0 Å². The van der Waals surface area contributed by atoms with E-state index in [1.54, 1.807) is 0 Å². The van der Waals surface area contributed by atoms with E-state index in [4.69, 9.17) is 0 Å². The van der Waals surface area contributed by atoms with Gasteiger partial charge in [-0.05, 0) is 20.8 Å². The van der Waals surface area contributed by atoms with Crippen LogP contribution < -0.4 is 5.32 Å². The Balaban J connectivity index is 3.52. The fraction of sp³-hybridized carbons (Fsp3) is 0.800. The molecule has 0 unspecified atom stereocenters. The summed E-state index contributed by atoms with van der Waals surface area (Å²) in [5.74, 6) is 0.00579. The summed E-state index contributed by atoms with van der Waals surface area (Å²) < 4.78 is 20.0. The van der Waals surface area contributed by atoms with Gasteiger partial charge in [-0.1, -0.05) is 0 Å². The van der Waals surface area contributed by atoms with Gasteiger partial charge in [0.2, 0.25) is 0 Å². The van der Waals surface area contributed by atoms with Crippen molar-refractivity contribution in [1.82, 2.24) is 5.32 Å². The standard InChI is InChI=1S/C5H12NO2S/c1-5(2,3)6-4-9(7)8/h6,9H,1,4H2,2-3H3. The molecule has 0 rings (SSSR count). The number of hydrogen-bond acceptors (Lipinski definition) is 3. The van der Waals surface area contributed by atoms with Crippen molar-refractivity contribution in [3.05, 3.63) is 6.92 Å². The van der Waals surface area contributed by atoms with Crippen molar-refractivity contribution in [1.29, 1.82) is 0 Å². The molecule has 1 radical (unpaired) electrons. The minimum Gasteiger partial charge on any atom is -0.299 e. The highest BCUT2D eigenvalue weighted by Crippen LogP contribution is 1.95. The first-order valence-corrected chi connectivity index (χ1v) is 4.00. The van der Waals surface area contributed by atoms with Gasteiger partial charge >= 0.3 is 0 Å². The molecule has 0 spiro atoms. The average molecular weight is 150 g/mol. The van der Waals surface area contributed by atoms with Crippen LogP contribution in [-0.4, -0.2) is 19.8 Å². The second-order valence-corrected chi connectivity index (χ2v) is 3.53. The lowest BCUT2D eigenvalue weighted by Gasteiger charge is -2.17.